The molecule has 88 valence electrons. The molecule has 0 radical (unpaired) electrons. The summed E-state index contributed by atoms with van der Waals surface area (Å²) in [6, 6.07) is 5.69. The van der Waals surface area contributed by atoms with E-state index in [2.05, 4.69) is 15.9 Å². The maximum Gasteiger partial charge on any atom is 0.347 e. The van der Waals surface area contributed by atoms with Crippen LogP contribution in [0, 0.1) is 6.92 Å². The van der Waals surface area contributed by atoms with Crippen LogP contribution in [0.4, 0.5) is 0 Å². The molecule has 0 aliphatic heterocycles. The smallest absolute Gasteiger partial charge is 0.347 e. The first-order valence-electron chi connectivity index (χ1n) is 5.14. The van der Waals surface area contributed by atoms with Crippen molar-refractivity contribution in [2.45, 2.75) is 26.9 Å². The lowest BCUT2D eigenvalue weighted by Gasteiger charge is -2.15. The highest BCUT2D eigenvalue weighted by atomic mass is 79.9. The van der Waals surface area contributed by atoms with Crippen LogP contribution in [0.1, 0.15) is 19.4 Å². The van der Waals surface area contributed by atoms with Crippen molar-refractivity contribution in [3.8, 4) is 5.75 Å². The third-order valence-corrected chi connectivity index (χ3v) is 2.57. The molecule has 1 atom stereocenters. The van der Waals surface area contributed by atoms with Crippen LogP contribution < -0.4 is 4.74 Å². The monoisotopic (exact) mass is 286 g/mol. The summed E-state index contributed by atoms with van der Waals surface area (Å²) in [6.45, 7) is 5.75. The third-order valence-electron chi connectivity index (χ3n) is 2.07. The fourth-order valence-corrected chi connectivity index (χ4v) is 1.54. The van der Waals surface area contributed by atoms with Crippen LogP contribution in [-0.4, -0.2) is 18.7 Å². The van der Waals surface area contributed by atoms with E-state index in [-0.39, 0.29) is 5.97 Å². The number of aryl methyl sites for hydroxylation is 1. The van der Waals surface area contributed by atoms with E-state index in [4.69, 9.17) is 9.47 Å². The molecule has 4 heteroatoms. The van der Waals surface area contributed by atoms with Crippen molar-refractivity contribution in [3.05, 3.63) is 28.2 Å². The summed E-state index contributed by atoms with van der Waals surface area (Å²) in [5, 5.41) is 0. The average Bonchev–Trinajstić information content (AvgIpc) is 2.23. The molecule has 1 unspecified atom stereocenters. The van der Waals surface area contributed by atoms with Crippen LogP contribution in [0.15, 0.2) is 22.7 Å². The number of hydrogen-bond donors (Lipinski definition) is 0. The largest absolute Gasteiger partial charge is 0.479 e. The van der Waals surface area contributed by atoms with E-state index in [1.54, 1.807) is 13.8 Å². The van der Waals surface area contributed by atoms with Crippen molar-refractivity contribution in [2.24, 2.45) is 0 Å². The SMILES string of the molecule is CCOC(=O)C(C)Oc1cc(Br)ccc1C. The molecule has 0 heterocycles. The lowest BCUT2D eigenvalue weighted by Crippen LogP contribution is -2.26. The summed E-state index contributed by atoms with van der Waals surface area (Å²) < 4.78 is 11.3. The van der Waals surface area contributed by atoms with Gasteiger partial charge in [0.05, 0.1) is 6.61 Å². The first-order valence-corrected chi connectivity index (χ1v) is 5.93. The molecule has 0 amide bonds. The topological polar surface area (TPSA) is 35.5 Å². The van der Waals surface area contributed by atoms with Crippen LogP contribution in [0.5, 0.6) is 5.75 Å². The summed E-state index contributed by atoms with van der Waals surface area (Å²) in [4.78, 5) is 11.4. The minimum absolute atomic E-state index is 0.345. The van der Waals surface area contributed by atoms with Crippen LogP contribution in [0.2, 0.25) is 0 Å². The van der Waals surface area contributed by atoms with Gasteiger partial charge in [-0.3, -0.25) is 0 Å². The Balaban J connectivity index is 2.72. The first-order chi connectivity index (χ1) is 7.54. The van der Waals surface area contributed by atoms with E-state index in [0.717, 1.165) is 10.0 Å². The van der Waals surface area contributed by atoms with Crippen LogP contribution in [-0.2, 0) is 9.53 Å². The van der Waals surface area contributed by atoms with E-state index in [1.807, 2.05) is 25.1 Å². The van der Waals surface area contributed by atoms with E-state index in [0.29, 0.717) is 12.4 Å². The first kappa shape index (κ1) is 13.0. The fourth-order valence-electron chi connectivity index (χ4n) is 1.20. The zero-order valence-electron chi connectivity index (χ0n) is 9.62. The highest BCUT2D eigenvalue weighted by Gasteiger charge is 2.16. The number of esters is 1. The number of carbonyl (C=O) groups excluding carboxylic acids is 1. The molecule has 1 aromatic rings. The molecule has 3 nitrogen and oxygen atoms in total. The number of carbonyl (C=O) groups is 1. The maximum absolute atomic E-state index is 11.4. The summed E-state index contributed by atoms with van der Waals surface area (Å²) in [5.41, 5.74) is 0.986. The Kier molecular flexibility index (Phi) is 4.80. The molecule has 1 aromatic carbocycles. The second kappa shape index (κ2) is 5.89. The van der Waals surface area contributed by atoms with Crippen molar-refractivity contribution in [2.75, 3.05) is 6.61 Å². The molecule has 0 saturated carbocycles. The zero-order chi connectivity index (χ0) is 12.1. The van der Waals surface area contributed by atoms with E-state index < -0.39 is 6.10 Å². The Morgan fingerprint density at radius 3 is 2.81 bits per heavy atom. The Morgan fingerprint density at radius 1 is 1.50 bits per heavy atom. The predicted molar refractivity (Wildman–Crippen MR) is 65.6 cm³/mol. The second-order valence-corrected chi connectivity index (χ2v) is 4.34. The van der Waals surface area contributed by atoms with Gasteiger partial charge in [0.1, 0.15) is 5.75 Å². The Morgan fingerprint density at radius 2 is 2.19 bits per heavy atom. The Labute approximate surface area is 104 Å². The van der Waals surface area contributed by atoms with Crippen LogP contribution in [0.3, 0.4) is 0 Å². The van der Waals surface area contributed by atoms with Crippen LogP contribution >= 0.6 is 15.9 Å². The lowest BCUT2D eigenvalue weighted by molar-refractivity contribution is -0.150. The normalized spacial score (nSPS) is 12.0. The number of rotatable bonds is 4. The highest BCUT2D eigenvalue weighted by Crippen LogP contribution is 2.24. The van der Waals surface area contributed by atoms with Crippen molar-refractivity contribution >= 4 is 21.9 Å². The molecule has 0 fully saturated rings. The molecule has 0 aliphatic carbocycles. The van der Waals surface area contributed by atoms with Gasteiger partial charge in [0.2, 0.25) is 0 Å². The second-order valence-electron chi connectivity index (χ2n) is 3.42. The standard InChI is InChI=1S/C12H15BrO3/c1-4-15-12(14)9(3)16-11-7-10(13)6-5-8(11)2/h5-7,9H,4H2,1-3H3. The Bertz CT molecular complexity index is 377. The summed E-state index contributed by atoms with van der Waals surface area (Å²) in [5.74, 6) is 0.344. The van der Waals surface area contributed by atoms with Gasteiger partial charge in [0.25, 0.3) is 0 Å². The minimum Gasteiger partial charge on any atom is -0.479 e. The van der Waals surface area contributed by atoms with Gasteiger partial charge in [-0.2, -0.15) is 0 Å². The van der Waals surface area contributed by atoms with Gasteiger partial charge >= 0.3 is 5.97 Å². The fraction of sp³-hybridized carbons (Fsp3) is 0.417. The molecule has 0 N–H and O–H groups in total. The maximum atomic E-state index is 11.4. The molecule has 0 saturated heterocycles. The van der Waals surface area contributed by atoms with Gasteiger partial charge in [-0.15, -0.1) is 0 Å². The van der Waals surface area contributed by atoms with Crippen molar-refractivity contribution in [1.82, 2.24) is 0 Å². The minimum atomic E-state index is -0.590. The van der Waals surface area contributed by atoms with Gasteiger partial charge in [0, 0.05) is 4.47 Å². The van der Waals surface area contributed by atoms with Crippen molar-refractivity contribution in [1.29, 1.82) is 0 Å². The average molecular weight is 287 g/mol. The summed E-state index contributed by atoms with van der Waals surface area (Å²) in [6.07, 6.45) is -0.590. The summed E-state index contributed by atoms with van der Waals surface area (Å²) in [7, 11) is 0. The summed E-state index contributed by atoms with van der Waals surface area (Å²) >= 11 is 3.36. The molecule has 0 bridgehead atoms. The molecule has 0 spiro atoms. The molecule has 0 aromatic heterocycles. The predicted octanol–water partition coefficient (Wildman–Crippen LogP) is 3.09. The van der Waals surface area contributed by atoms with Gasteiger partial charge in [0.15, 0.2) is 6.10 Å². The Hall–Kier alpha value is -1.03. The lowest BCUT2D eigenvalue weighted by atomic mass is 10.2. The highest BCUT2D eigenvalue weighted by molar-refractivity contribution is 9.10. The van der Waals surface area contributed by atoms with E-state index in [1.165, 1.54) is 0 Å². The van der Waals surface area contributed by atoms with Gasteiger partial charge in [-0.1, -0.05) is 22.0 Å². The van der Waals surface area contributed by atoms with Crippen LogP contribution in [0.25, 0.3) is 0 Å². The van der Waals surface area contributed by atoms with Crippen molar-refractivity contribution in [3.63, 3.8) is 0 Å². The quantitative estimate of drug-likeness (QED) is 0.798. The zero-order valence-corrected chi connectivity index (χ0v) is 11.2. The van der Waals surface area contributed by atoms with E-state index in [9.17, 15) is 4.79 Å². The molecular weight excluding hydrogens is 272 g/mol. The number of ether oxygens (including phenoxy) is 2. The number of benzene rings is 1. The molecule has 0 aliphatic rings. The molecule has 1 rings (SSSR count). The number of hydrogen-bond acceptors (Lipinski definition) is 3. The number of halogens is 1. The van der Waals surface area contributed by atoms with Gasteiger partial charge < -0.3 is 9.47 Å². The third kappa shape index (κ3) is 3.52. The molecular formula is C12H15BrO3. The van der Waals surface area contributed by atoms with E-state index >= 15 is 0 Å². The van der Waals surface area contributed by atoms with Gasteiger partial charge in [-0.05, 0) is 38.5 Å². The van der Waals surface area contributed by atoms with Crippen molar-refractivity contribution < 1.29 is 14.3 Å². The molecule has 16 heavy (non-hydrogen) atoms. The van der Waals surface area contributed by atoms with Gasteiger partial charge in [-0.25, -0.2) is 4.79 Å².